The van der Waals surface area contributed by atoms with Crippen molar-refractivity contribution in [2.75, 3.05) is 57.3 Å². The summed E-state index contributed by atoms with van der Waals surface area (Å²) in [5.74, 6) is 2.03. The van der Waals surface area contributed by atoms with Crippen LogP contribution >= 0.6 is 11.3 Å². The predicted molar refractivity (Wildman–Crippen MR) is 109 cm³/mol. The number of aromatic nitrogens is 2. The van der Waals surface area contributed by atoms with Gasteiger partial charge in [-0.25, -0.2) is 9.97 Å². The number of anilines is 1. The van der Waals surface area contributed by atoms with Crippen LogP contribution in [0.25, 0.3) is 10.2 Å². The van der Waals surface area contributed by atoms with Crippen molar-refractivity contribution in [3.63, 3.8) is 0 Å². The molecular weight excluding hydrogens is 346 g/mol. The third-order valence-corrected chi connectivity index (χ3v) is 6.50. The molecular formula is C19H31N5OS. The molecule has 1 aliphatic rings. The number of thiophene rings is 1. The molecule has 2 aromatic rings. The first-order valence-corrected chi connectivity index (χ1v) is 10.5. The van der Waals surface area contributed by atoms with Gasteiger partial charge in [-0.15, -0.1) is 11.3 Å². The molecule has 1 fully saturated rings. The summed E-state index contributed by atoms with van der Waals surface area (Å²) in [6, 6.07) is 0. The van der Waals surface area contributed by atoms with Crippen molar-refractivity contribution < 1.29 is 5.11 Å². The van der Waals surface area contributed by atoms with E-state index in [0.29, 0.717) is 0 Å². The van der Waals surface area contributed by atoms with Crippen LogP contribution in [0.3, 0.4) is 0 Å². The van der Waals surface area contributed by atoms with E-state index in [2.05, 4.69) is 42.4 Å². The van der Waals surface area contributed by atoms with Crippen molar-refractivity contribution in [2.45, 2.75) is 34.2 Å². The molecule has 3 rings (SSSR count). The van der Waals surface area contributed by atoms with Crippen molar-refractivity contribution >= 4 is 27.4 Å². The number of aliphatic hydroxyl groups is 1. The number of hydrogen-bond acceptors (Lipinski definition) is 7. The molecule has 1 aliphatic heterocycles. The van der Waals surface area contributed by atoms with E-state index in [0.717, 1.165) is 68.8 Å². The Hall–Kier alpha value is -1.28. The number of aryl methyl sites for hydroxylation is 2. The topological polar surface area (TPSA) is 55.7 Å². The molecule has 6 nitrogen and oxygen atoms in total. The lowest BCUT2D eigenvalue weighted by molar-refractivity contribution is 0.188. The van der Waals surface area contributed by atoms with Crippen molar-refractivity contribution in [2.24, 2.45) is 0 Å². The summed E-state index contributed by atoms with van der Waals surface area (Å²) in [5.41, 5.74) is 1.31. The standard InChI is InChI=1S/C19H31N5OS/c1-5-22(6-2)13-16-20-18(17-14(3)15(4)26-19(17)21-16)24-9-7-23(8-10-24)11-12-25/h25H,5-13H2,1-4H3. The van der Waals surface area contributed by atoms with Gasteiger partial charge >= 0.3 is 0 Å². The van der Waals surface area contributed by atoms with E-state index in [1.165, 1.54) is 15.8 Å². The Bertz CT molecular complexity index is 735. The molecule has 7 heteroatoms. The minimum atomic E-state index is 0.231. The van der Waals surface area contributed by atoms with Gasteiger partial charge in [-0.05, 0) is 32.5 Å². The smallest absolute Gasteiger partial charge is 0.146 e. The molecule has 1 N–H and O–H groups in total. The van der Waals surface area contributed by atoms with E-state index >= 15 is 0 Å². The fraction of sp³-hybridized carbons (Fsp3) is 0.684. The molecule has 1 saturated heterocycles. The third-order valence-electron chi connectivity index (χ3n) is 5.40. The molecule has 0 aliphatic carbocycles. The highest BCUT2D eigenvalue weighted by molar-refractivity contribution is 7.18. The number of hydrogen-bond donors (Lipinski definition) is 1. The maximum Gasteiger partial charge on any atom is 0.146 e. The second kappa shape index (κ2) is 8.61. The van der Waals surface area contributed by atoms with Crippen LogP contribution in [0.2, 0.25) is 0 Å². The summed E-state index contributed by atoms with van der Waals surface area (Å²) in [6.45, 7) is 16.4. The fourth-order valence-corrected chi connectivity index (χ4v) is 4.59. The normalized spacial score (nSPS) is 16.2. The van der Waals surface area contributed by atoms with Gasteiger partial charge in [-0.2, -0.15) is 0 Å². The minimum Gasteiger partial charge on any atom is -0.395 e. The van der Waals surface area contributed by atoms with Gasteiger partial charge in [0.25, 0.3) is 0 Å². The predicted octanol–water partition coefficient (Wildman–Crippen LogP) is 2.26. The molecule has 0 spiro atoms. The summed E-state index contributed by atoms with van der Waals surface area (Å²) in [6.07, 6.45) is 0. The summed E-state index contributed by atoms with van der Waals surface area (Å²) in [4.78, 5) is 19.4. The van der Waals surface area contributed by atoms with Crippen LogP contribution in [-0.4, -0.2) is 77.3 Å². The fourth-order valence-electron chi connectivity index (χ4n) is 3.54. The van der Waals surface area contributed by atoms with Crippen molar-refractivity contribution in [1.82, 2.24) is 19.8 Å². The molecule has 3 heterocycles. The Morgan fingerprint density at radius 1 is 1.08 bits per heavy atom. The largest absolute Gasteiger partial charge is 0.395 e. The minimum absolute atomic E-state index is 0.231. The number of β-amino-alcohol motifs (C(OH)–C–C–N with tert-alkyl or cyclic N) is 1. The average molecular weight is 378 g/mol. The second-order valence-corrected chi connectivity index (χ2v) is 8.14. The molecule has 0 unspecified atom stereocenters. The van der Waals surface area contributed by atoms with Crippen LogP contribution in [0, 0.1) is 13.8 Å². The first-order valence-electron chi connectivity index (χ1n) is 9.64. The molecule has 0 bridgehead atoms. The zero-order valence-electron chi connectivity index (χ0n) is 16.5. The van der Waals surface area contributed by atoms with Gasteiger partial charge in [0.05, 0.1) is 18.5 Å². The number of fused-ring (bicyclic) bond motifs is 1. The number of nitrogens with zero attached hydrogens (tertiary/aromatic N) is 5. The Morgan fingerprint density at radius 2 is 1.77 bits per heavy atom. The van der Waals surface area contributed by atoms with Crippen LogP contribution < -0.4 is 4.90 Å². The van der Waals surface area contributed by atoms with Gasteiger partial charge in [-0.3, -0.25) is 9.80 Å². The van der Waals surface area contributed by atoms with Crippen molar-refractivity contribution in [1.29, 1.82) is 0 Å². The summed E-state index contributed by atoms with van der Waals surface area (Å²) in [5, 5.41) is 10.4. The summed E-state index contributed by atoms with van der Waals surface area (Å²) in [7, 11) is 0. The first kappa shape index (κ1) is 19.5. The SMILES string of the molecule is CCN(CC)Cc1nc(N2CCN(CCO)CC2)c2c(C)c(C)sc2n1. The molecule has 0 atom stereocenters. The Balaban J connectivity index is 1.94. The molecule has 0 saturated carbocycles. The highest BCUT2D eigenvalue weighted by atomic mass is 32.1. The molecule has 0 amide bonds. The Kier molecular flexibility index (Phi) is 6.45. The van der Waals surface area contributed by atoms with Gasteiger partial charge in [-0.1, -0.05) is 13.8 Å². The van der Waals surface area contributed by atoms with Gasteiger partial charge in [0.1, 0.15) is 16.5 Å². The quantitative estimate of drug-likeness (QED) is 0.799. The Morgan fingerprint density at radius 3 is 2.38 bits per heavy atom. The van der Waals surface area contributed by atoms with E-state index in [9.17, 15) is 0 Å². The highest BCUT2D eigenvalue weighted by Crippen LogP contribution is 2.35. The second-order valence-electron chi connectivity index (χ2n) is 6.94. The number of piperazine rings is 1. The molecule has 144 valence electrons. The molecule has 0 aromatic carbocycles. The molecule has 26 heavy (non-hydrogen) atoms. The van der Waals surface area contributed by atoms with Gasteiger partial charge < -0.3 is 10.0 Å². The van der Waals surface area contributed by atoms with E-state index in [-0.39, 0.29) is 6.61 Å². The van der Waals surface area contributed by atoms with E-state index < -0.39 is 0 Å². The highest BCUT2D eigenvalue weighted by Gasteiger charge is 2.23. The zero-order chi connectivity index (χ0) is 18.7. The van der Waals surface area contributed by atoms with Crippen LogP contribution in [-0.2, 0) is 6.54 Å². The Labute approximate surface area is 160 Å². The molecule has 2 aromatic heterocycles. The zero-order valence-corrected chi connectivity index (χ0v) is 17.3. The monoisotopic (exact) mass is 377 g/mol. The van der Waals surface area contributed by atoms with Gasteiger partial charge in [0.15, 0.2) is 0 Å². The van der Waals surface area contributed by atoms with E-state index in [1.807, 2.05) is 0 Å². The number of rotatable bonds is 7. The summed E-state index contributed by atoms with van der Waals surface area (Å²) >= 11 is 1.78. The van der Waals surface area contributed by atoms with Gasteiger partial charge in [0, 0.05) is 37.6 Å². The van der Waals surface area contributed by atoms with Crippen LogP contribution in [0.15, 0.2) is 0 Å². The maximum absolute atomic E-state index is 9.17. The first-order chi connectivity index (χ1) is 12.6. The van der Waals surface area contributed by atoms with E-state index in [1.54, 1.807) is 11.3 Å². The summed E-state index contributed by atoms with van der Waals surface area (Å²) < 4.78 is 0. The van der Waals surface area contributed by atoms with Crippen LogP contribution in [0.1, 0.15) is 30.1 Å². The van der Waals surface area contributed by atoms with Crippen molar-refractivity contribution in [3.8, 4) is 0 Å². The van der Waals surface area contributed by atoms with Crippen LogP contribution in [0.4, 0.5) is 5.82 Å². The molecule has 0 radical (unpaired) electrons. The van der Waals surface area contributed by atoms with E-state index in [4.69, 9.17) is 15.1 Å². The van der Waals surface area contributed by atoms with Gasteiger partial charge in [0.2, 0.25) is 0 Å². The average Bonchev–Trinajstić information content (AvgIpc) is 2.94. The number of aliphatic hydroxyl groups excluding tert-OH is 1. The van der Waals surface area contributed by atoms with Crippen molar-refractivity contribution in [3.05, 3.63) is 16.3 Å². The lowest BCUT2D eigenvalue weighted by Gasteiger charge is -2.35. The lowest BCUT2D eigenvalue weighted by Crippen LogP contribution is -2.47. The maximum atomic E-state index is 9.17. The lowest BCUT2D eigenvalue weighted by atomic mass is 10.2. The van der Waals surface area contributed by atoms with Crippen LogP contribution in [0.5, 0.6) is 0 Å². The third kappa shape index (κ3) is 4.01.